The summed E-state index contributed by atoms with van der Waals surface area (Å²) in [5, 5.41) is 0. The monoisotopic (exact) mass is 273 g/mol. The van der Waals surface area contributed by atoms with E-state index in [9.17, 15) is 0 Å². The fourth-order valence-corrected chi connectivity index (χ4v) is 8.95. The lowest BCUT2D eigenvalue weighted by molar-refractivity contribution is 0.271. The van der Waals surface area contributed by atoms with Gasteiger partial charge in [0.25, 0.3) is 0 Å². The summed E-state index contributed by atoms with van der Waals surface area (Å²) in [6.07, 6.45) is 0. The second-order valence-corrected chi connectivity index (χ2v) is 13.7. The van der Waals surface area contributed by atoms with Crippen molar-refractivity contribution in [3.05, 3.63) is 4.74 Å². The minimum absolute atomic E-state index is 0.554. The zero-order valence-electron chi connectivity index (χ0n) is 9.46. The SMILES string of the molecule is CCOP(=S)(OCC)[C-](Cl)[Si](C)(C)C. The van der Waals surface area contributed by atoms with Gasteiger partial charge in [-0.15, -0.1) is 4.74 Å². The summed E-state index contributed by atoms with van der Waals surface area (Å²) >= 11 is 11.7. The smallest absolute Gasteiger partial charge is 0.0622 e. The quantitative estimate of drug-likeness (QED) is 0.414. The van der Waals surface area contributed by atoms with Crippen LogP contribution in [-0.2, 0) is 20.9 Å². The molecule has 0 saturated carbocycles. The predicted octanol–water partition coefficient (Wildman–Crippen LogP) is 3.97. The standard InChI is InChI=1S/C8H19ClO2PSSi/c1-6-10-12(13,11-7-2)8(9)14(3,4)5/h6-7H2,1-5H3/q-1. The summed E-state index contributed by atoms with van der Waals surface area (Å²) in [4.78, 5) is 0. The van der Waals surface area contributed by atoms with E-state index in [0.29, 0.717) is 13.2 Å². The predicted molar refractivity (Wildman–Crippen MR) is 70.0 cm³/mol. The van der Waals surface area contributed by atoms with Crippen molar-refractivity contribution in [1.82, 2.24) is 0 Å². The lowest BCUT2D eigenvalue weighted by atomic mass is 10.9. The molecule has 6 heteroatoms. The van der Waals surface area contributed by atoms with Gasteiger partial charge in [0.05, 0.1) is 6.49 Å². The van der Waals surface area contributed by atoms with E-state index in [1.54, 1.807) is 0 Å². The number of halogens is 1. The van der Waals surface area contributed by atoms with Crippen molar-refractivity contribution in [2.75, 3.05) is 13.2 Å². The largest absolute Gasteiger partial charge is 0.354 e. The zero-order chi connectivity index (χ0) is 11.4. The fraction of sp³-hybridized carbons (Fsp3) is 0.875. The number of hydrogen-bond acceptors (Lipinski definition) is 3. The van der Waals surface area contributed by atoms with Gasteiger partial charge in [0, 0.05) is 13.2 Å². The van der Waals surface area contributed by atoms with Crippen molar-refractivity contribution in [2.45, 2.75) is 33.5 Å². The molecule has 0 N–H and O–H groups in total. The van der Waals surface area contributed by atoms with Crippen LogP contribution in [0.1, 0.15) is 13.8 Å². The minimum atomic E-state index is -2.35. The van der Waals surface area contributed by atoms with E-state index < -0.39 is 14.6 Å². The molecule has 0 fully saturated rings. The molecule has 0 bridgehead atoms. The molecule has 14 heavy (non-hydrogen) atoms. The highest BCUT2D eigenvalue weighted by Gasteiger charge is 2.25. The first-order chi connectivity index (χ1) is 6.28. The second-order valence-electron chi connectivity index (χ2n) is 3.87. The lowest BCUT2D eigenvalue weighted by Gasteiger charge is -2.45. The molecule has 0 spiro atoms. The van der Waals surface area contributed by atoms with Gasteiger partial charge in [-0.25, -0.2) is 0 Å². The molecular weight excluding hydrogens is 255 g/mol. The van der Waals surface area contributed by atoms with Crippen LogP contribution >= 0.6 is 18.1 Å². The van der Waals surface area contributed by atoms with E-state index in [-0.39, 0.29) is 0 Å². The Morgan fingerprint density at radius 3 is 1.79 bits per heavy atom. The first-order valence-electron chi connectivity index (χ1n) is 4.70. The molecule has 0 aliphatic rings. The molecule has 0 amide bonds. The fourth-order valence-electron chi connectivity index (χ4n) is 0.901. The topological polar surface area (TPSA) is 18.5 Å². The maximum Gasteiger partial charge on any atom is 0.0622 e. The van der Waals surface area contributed by atoms with Crippen LogP contribution in [0.25, 0.3) is 0 Å². The number of rotatable bonds is 6. The summed E-state index contributed by atoms with van der Waals surface area (Å²) in [6.45, 7) is 9.02. The zero-order valence-corrected chi connectivity index (χ0v) is 12.9. The van der Waals surface area contributed by atoms with Crippen molar-refractivity contribution >= 4 is 38.0 Å². The molecule has 0 aromatic heterocycles. The lowest BCUT2D eigenvalue weighted by Crippen LogP contribution is -2.28. The van der Waals surface area contributed by atoms with Gasteiger partial charge < -0.3 is 20.6 Å². The average Bonchev–Trinajstić information content (AvgIpc) is 2.02. The van der Waals surface area contributed by atoms with Crippen molar-refractivity contribution in [2.24, 2.45) is 0 Å². The maximum absolute atomic E-state index is 6.30. The molecular formula is C8H19ClO2PSSi-. The normalized spacial score (nSPS) is 13.6. The van der Waals surface area contributed by atoms with Gasteiger partial charge in [-0.1, -0.05) is 39.5 Å². The van der Waals surface area contributed by atoms with Crippen LogP contribution in [0.3, 0.4) is 0 Å². The van der Waals surface area contributed by atoms with Crippen LogP contribution in [0.2, 0.25) is 19.6 Å². The second kappa shape index (κ2) is 5.97. The van der Waals surface area contributed by atoms with E-state index >= 15 is 0 Å². The van der Waals surface area contributed by atoms with Gasteiger partial charge in [-0.05, 0) is 13.8 Å². The summed E-state index contributed by atoms with van der Waals surface area (Å²) in [7, 11) is -1.59. The highest BCUT2D eigenvalue weighted by Crippen LogP contribution is 2.63. The Hall–Kier alpha value is 1.08. The molecule has 0 aliphatic heterocycles. The third-order valence-electron chi connectivity index (χ3n) is 1.46. The summed E-state index contributed by atoms with van der Waals surface area (Å²) in [5.41, 5.74) is 0. The summed E-state index contributed by atoms with van der Waals surface area (Å²) in [6, 6.07) is 0. The Morgan fingerprint density at radius 2 is 1.57 bits per heavy atom. The Kier molecular flexibility index (Phi) is 6.43. The van der Waals surface area contributed by atoms with Crippen LogP contribution in [0.5, 0.6) is 0 Å². The van der Waals surface area contributed by atoms with Gasteiger partial charge >= 0.3 is 0 Å². The van der Waals surface area contributed by atoms with Gasteiger partial charge in [-0.2, -0.15) is 0 Å². The van der Waals surface area contributed by atoms with E-state index in [2.05, 4.69) is 19.6 Å². The third-order valence-corrected chi connectivity index (χ3v) is 11.6. The van der Waals surface area contributed by atoms with Crippen LogP contribution in [0.4, 0.5) is 0 Å². The highest BCUT2D eigenvalue weighted by molar-refractivity contribution is 8.13. The highest BCUT2D eigenvalue weighted by atomic mass is 35.5. The molecule has 86 valence electrons. The van der Waals surface area contributed by atoms with Crippen LogP contribution in [0, 0.1) is 4.74 Å². The van der Waals surface area contributed by atoms with Crippen molar-refractivity contribution in [3.63, 3.8) is 0 Å². The number of hydrogen-bond donors (Lipinski definition) is 0. The van der Waals surface area contributed by atoms with Crippen LogP contribution < -0.4 is 0 Å². The first-order valence-corrected chi connectivity index (χ1v) is 11.2. The molecule has 0 unspecified atom stereocenters. The minimum Gasteiger partial charge on any atom is -0.354 e. The molecule has 0 aromatic carbocycles. The van der Waals surface area contributed by atoms with Crippen LogP contribution in [0.15, 0.2) is 0 Å². The van der Waals surface area contributed by atoms with Gasteiger partial charge in [0.1, 0.15) is 0 Å². The van der Waals surface area contributed by atoms with E-state index in [1.165, 1.54) is 0 Å². The Balaban J connectivity index is 4.73. The molecule has 0 atom stereocenters. The summed E-state index contributed by atoms with van der Waals surface area (Å²) < 4.78 is 11.8. The average molecular weight is 274 g/mol. The van der Waals surface area contributed by atoms with Crippen molar-refractivity contribution in [3.8, 4) is 0 Å². The Labute approximate surface area is 98.5 Å². The third kappa shape index (κ3) is 4.29. The Morgan fingerprint density at radius 1 is 1.21 bits per heavy atom. The molecule has 2 nitrogen and oxygen atoms in total. The molecule has 0 saturated heterocycles. The van der Waals surface area contributed by atoms with Gasteiger partial charge in [0.15, 0.2) is 0 Å². The van der Waals surface area contributed by atoms with E-state index in [4.69, 9.17) is 32.5 Å². The van der Waals surface area contributed by atoms with Crippen molar-refractivity contribution < 1.29 is 9.05 Å². The maximum atomic E-state index is 6.30. The molecule has 0 heterocycles. The molecule has 0 radical (unpaired) electrons. The molecule has 0 rings (SSSR count). The van der Waals surface area contributed by atoms with E-state index in [0.717, 1.165) is 4.74 Å². The Bertz CT molecular complexity index is 210. The van der Waals surface area contributed by atoms with Gasteiger partial charge in [-0.3, -0.25) is 0 Å². The molecule has 0 aromatic rings. The van der Waals surface area contributed by atoms with Crippen LogP contribution in [-0.4, -0.2) is 21.3 Å². The van der Waals surface area contributed by atoms with E-state index in [1.807, 2.05) is 13.8 Å². The summed E-state index contributed by atoms with van der Waals surface area (Å²) in [5.74, 6) is 0. The first kappa shape index (κ1) is 15.1. The molecule has 0 aliphatic carbocycles. The van der Waals surface area contributed by atoms with Gasteiger partial charge in [0.2, 0.25) is 0 Å². The van der Waals surface area contributed by atoms with Crippen molar-refractivity contribution in [1.29, 1.82) is 0 Å².